The van der Waals surface area contributed by atoms with Gasteiger partial charge in [-0.05, 0) is 54.6 Å². The highest BCUT2D eigenvalue weighted by Crippen LogP contribution is 2.24. The van der Waals surface area contributed by atoms with Crippen molar-refractivity contribution in [1.29, 1.82) is 0 Å². The quantitative estimate of drug-likeness (QED) is 0.507. The largest absolute Gasteiger partial charge is 0.281 e. The second-order valence-corrected chi connectivity index (χ2v) is 9.11. The van der Waals surface area contributed by atoms with E-state index in [1.807, 2.05) is 26.0 Å². The third kappa shape index (κ3) is 5.05. The van der Waals surface area contributed by atoms with Gasteiger partial charge in [0.2, 0.25) is 0 Å². The van der Waals surface area contributed by atoms with Crippen LogP contribution in [-0.2, 0) is 16.4 Å². The molecule has 156 valence electrons. The molecule has 30 heavy (non-hydrogen) atoms. The van der Waals surface area contributed by atoms with E-state index in [1.165, 1.54) is 11.4 Å². The van der Waals surface area contributed by atoms with Crippen LogP contribution in [0.15, 0.2) is 64.9 Å². The van der Waals surface area contributed by atoms with Crippen LogP contribution in [0.2, 0.25) is 0 Å². The molecule has 3 aromatic rings. The van der Waals surface area contributed by atoms with Crippen molar-refractivity contribution in [2.24, 2.45) is 0 Å². The maximum atomic E-state index is 12.7. The SMILES string of the molecule is CCc1ccc(C(=O)NNC(=O)c2sccc2S(=O)(=O)Nc2ccc(C)cc2)cc1. The van der Waals surface area contributed by atoms with Crippen LogP contribution in [-0.4, -0.2) is 20.2 Å². The lowest BCUT2D eigenvalue weighted by Gasteiger charge is -2.10. The van der Waals surface area contributed by atoms with Crippen molar-refractivity contribution in [3.8, 4) is 0 Å². The van der Waals surface area contributed by atoms with Gasteiger partial charge in [0, 0.05) is 11.3 Å². The molecule has 3 rings (SSSR count). The molecule has 0 spiro atoms. The van der Waals surface area contributed by atoms with Gasteiger partial charge < -0.3 is 0 Å². The molecular weight excluding hydrogens is 422 g/mol. The number of sulfonamides is 1. The Labute approximate surface area is 179 Å². The molecule has 3 N–H and O–H groups in total. The molecule has 0 unspecified atom stereocenters. The molecule has 0 aliphatic heterocycles. The number of hydrazine groups is 1. The summed E-state index contributed by atoms with van der Waals surface area (Å²) in [4.78, 5) is 24.5. The van der Waals surface area contributed by atoms with Crippen LogP contribution < -0.4 is 15.6 Å². The highest BCUT2D eigenvalue weighted by molar-refractivity contribution is 7.93. The predicted octanol–water partition coefficient (Wildman–Crippen LogP) is 3.49. The lowest BCUT2D eigenvalue weighted by atomic mass is 10.1. The van der Waals surface area contributed by atoms with Crippen molar-refractivity contribution >= 4 is 38.9 Å². The Morgan fingerprint density at radius 1 is 0.900 bits per heavy atom. The first-order valence-corrected chi connectivity index (χ1v) is 11.5. The Hall–Kier alpha value is -3.17. The topological polar surface area (TPSA) is 104 Å². The van der Waals surface area contributed by atoms with Crippen molar-refractivity contribution in [2.75, 3.05) is 4.72 Å². The van der Waals surface area contributed by atoms with E-state index < -0.39 is 21.8 Å². The van der Waals surface area contributed by atoms with Crippen molar-refractivity contribution in [3.63, 3.8) is 0 Å². The third-order valence-electron chi connectivity index (χ3n) is 4.34. The zero-order valence-corrected chi connectivity index (χ0v) is 18.1. The summed E-state index contributed by atoms with van der Waals surface area (Å²) in [5.41, 5.74) is 7.44. The van der Waals surface area contributed by atoms with E-state index >= 15 is 0 Å². The lowest BCUT2D eigenvalue weighted by Crippen LogP contribution is -2.41. The zero-order valence-electron chi connectivity index (χ0n) is 16.4. The molecule has 0 bridgehead atoms. The fourth-order valence-corrected chi connectivity index (χ4v) is 5.02. The number of thiophene rings is 1. The van der Waals surface area contributed by atoms with Gasteiger partial charge in [-0.2, -0.15) is 0 Å². The number of nitrogens with one attached hydrogen (secondary N) is 3. The third-order valence-corrected chi connectivity index (χ3v) is 6.81. The fourth-order valence-electron chi connectivity index (χ4n) is 2.64. The first-order valence-electron chi connectivity index (χ1n) is 9.17. The minimum atomic E-state index is -3.97. The monoisotopic (exact) mass is 443 g/mol. The van der Waals surface area contributed by atoms with E-state index in [2.05, 4.69) is 15.6 Å². The van der Waals surface area contributed by atoms with E-state index in [0.29, 0.717) is 11.3 Å². The number of carbonyl (C=O) groups excluding carboxylic acids is 2. The Kier molecular flexibility index (Phi) is 6.53. The number of hydrogen-bond donors (Lipinski definition) is 3. The van der Waals surface area contributed by atoms with Crippen molar-refractivity contribution in [1.82, 2.24) is 10.9 Å². The highest BCUT2D eigenvalue weighted by Gasteiger charge is 2.24. The van der Waals surface area contributed by atoms with Crippen molar-refractivity contribution in [3.05, 3.63) is 81.5 Å². The summed E-state index contributed by atoms with van der Waals surface area (Å²) in [6.45, 7) is 3.90. The fraction of sp³-hybridized carbons (Fsp3) is 0.143. The lowest BCUT2D eigenvalue weighted by molar-refractivity contribution is 0.0847. The smallest absolute Gasteiger partial charge is 0.280 e. The summed E-state index contributed by atoms with van der Waals surface area (Å²) in [6, 6.07) is 15.2. The Balaban J connectivity index is 1.69. The molecular formula is C21H21N3O4S2. The molecule has 2 amide bonds. The van der Waals surface area contributed by atoms with Crippen LogP contribution in [0.25, 0.3) is 0 Å². The zero-order chi connectivity index (χ0) is 21.7. The first kappa shape index (κ1) is 21.5. The molecule has 0 radical (unpaired) electrons. The van der Waals surface area contributed by atoms with Gasteiger partial charge in [0.05, 0.1) is 0 Å². The molecule has 0 saturated carbocycles. The number of aryl methyl sites for hydroxylation is 2. The van der Waals surface area contributed by atoms with Gasteiger partial charge in [-0.25, -0.2) is 8.42 Å². The molecule has 0 aliphatic carbocycles. The Morgan fingerprint density at radius 3 is 2.17 bits per heavy atom. The molecule has 9 heteroatoms. The van der Waals surface area contributed by atoms with Gasteiger partial charge in [-0.15, -0.1) is 11.3 Å². The number of benzene rings is 2. The molecule has 0 saturated heterocycles. The van der Waals surface area contributed by atoms with Crippen LogP contribution in [0, 0.1) is 6.92 Å². The number of amides is 2. The summed E-state index contributed by atoms with van der Waals surface area (Å²) in [5.74, 6) is -1.21. The van der Waals surface area contributed by atoms with Crippen LogP contribution in [0.4, 0.5) is 5.69 Å². The molecule has 7 nitrogen and oxygen atoms in total. The normalized spacial score (nSPS) is 11.0. The second-order valence-electron chi connectivity index (χ2n) is 6.54. The maximum absolute atomic E-state index is 12.7. The summed E-state index contributed by atoms with van der Waals surface area (Å²) in [7, 11) is -3.97. The van der Waals surface area contributed by atoms with E-state index in [-0.39, 0.29) is 9.77 Å². The summed E-state index contributed by atoms with van der Waals surface area (Å²) in [5, 5.41) is 1.50. The van der Waals surface area contributed by atoms with E-state index in [4.69, 9.17) is 0 Å². The van der Waals surface area contributed by atoms with Crippen LogP contribution in [0.3, 0.4) is 0 Å². The van der Waals surface area contributed by atoms with Gasteiger partial charge in [0.15, 0.2) is 0 Å². The molecule has 0 aliphatic rings. The Bertz CT molecular complexity index is 1150. The van der Waals surface area contributed by atoms with E-state index in [0.717, 1.165) is 28.9 Å². The molecule has 0 atom stereocenters. The van der Waals surface area contributed by atoms with E-state index in [9.17, 15) is 18.0 Å². The van der Waals surface area contributed by atoms with Gasteiger partial charge in [-0.1, -0.05) is 36.8 Å². The van der Waals surface area contributed by atoms with Crippen LogP contribution in [0.1, 0.15) is 38.1 Å². The van der Waals surface area contributed by atoms with Crippen molar-refractivity contribution < 1.29 is 18.0 Å². The minimum absolute atomic E-state index is 0.0313. The summed E-state index contributed by atoms with van der Waals surface area (Å²) >= 11 is 0.967. The molecule has 0 fully saturated rings. The Morgan fingerprint density at radius 2 is 1.53 bits per heavy atom. The molecule has 1 aromatic heterocycles. The predicted molar refractivity (Wildman–Crippen MR) is 117 cm³/mol. The van der Waals surface area contributed by atoms with Gasteiger partial charge in [0.25, 0.3) is 21.8 Å². The van der Waals surface area contributed by atoms with Crippen molar-refractivity contribution in [2.45, 2.75) is 25.2 Å². The summed E-state index contributed by atoms with van der Waals surface area (Å²) in [6.07, 6.45) is 0.852. The number of anilines is 1. The van der Waals surface area contributed by atoms with Gasteiger partial charge in [-0.3, -0.25) is 25.2 Å². The van der Waals surface area contributed by atoms with Crippen LogP contribution in [0.5, 0.6) is 0 Å². The van der Waals surface area contributed by atoms with Crippen LogP contribution >= 0.6 is 11.3 Å². The van der Waals surface area contributed by atoms with Gasteiger partial charge in [0.1, 0.15) is 9.77 Å². The number of carbonyl (C=O) groups is 2. The number of rotatable bonds is 6. The van der Waals surface area contributed by atoms with E-state index in [1.54, 1.807) is 36.4 Å². The summed E-state index contributed by atoms with van der Waals surface area (Å²) < 4.78 is 27.9. The molecule has 1 heterocycles. The second kappa shape index (κ2) is 9.10. The first-order chi connectivity index (χ1) is 14.3. The van der Waals surface area contributed by atoms with Gasteiger partial charge >= 0.3 is 0 Å². The highest BCUT2D eigenvalue weighted by atomic mass is 32.2. The average Bonchev–Trinajstić information content (AvgIpc) is 3.24. The standard InChI is InChI=1S/C21H21N3O4S2/c1-3-15-6-8-16(9-7-15)20(25)22-23-21(26)19-18(12-13-29-19)30(27,28)24-17-10-4-14(2)5-11-17/h4-13,24H,3H2,1-2H3,(H,22,25)(H,23,26). The number of hydrogen-bond acceptors (Lipinski definition) is 5. The minimum Gasteiger partial charge on any atom is -0.280 e. The average molecular weight is 444 g/mol. The molecule has 2 aromatic carbocycles. The maximum Gasteiger partial charge on any atom is 0.281 e.